The van der Waals surface area contributed by atoms with Gasteiger partial charge in [0.2, 0.25) is 0 Å². The van der Waals surface area contributed by atoms with Crippen LogP contribution >= 0.6 is 0 Å². The molecule has 0 saturated carbocycles. The van der Waals surface area contributed by atoms with Crippen molar-refractivity contribution >= 4 is 29.4 Å². The number of phenols is 1. The van der Waals surface area contributed by atoms with Crippen molar-refractivity contribution in [2.45, 2.75) is 46.2 Å². The van der Waals surface area contributed by atoms with Gasteiger partial charge in [-0.25, -0.2) is 0 Å². The molecule has 1 aliphatic heterocycles. The maximum absolute atomic E-state index is 12.2. The standard InChI is InChI=1S/C16H22N4O3.C13H18N2O.C2H6/c1-10(21)14(19-2)9-20(3)16(23)13(18)8-12(17)11-6-4-5-7-15(11)22;14-13-3-1-11(2-4-13)9-15-7-5-12(10-16)6-8-15;1-2/h4-8,14,17,19,22H,9,18H2,1-3H3;1-4,10,12H,5-9,14H2;1-2H3/b13-8-,17-12?;;. The van der Waals surface area contributed by atoms with Crippen LogP contribution in [0.4, 0.5) is 5.69 Å². The van der Waals surface area contributed by atoms with Crippen molar-refractivity contribution in [1.82, 2.24) is 15.1 Å². The molecule has 1 heterocycles. The highest BCUT2D eigenvalue weighted by molar-refractivity contribution is 6.12. The van der Waals surface area contributed by atoms with Crippen molar-refractivity contribution in [2.24, 2.45) is 11.7 Å². The Kier molecular flexibility index (Phi) is 15.7. The van der Waals surface area contributed by atoms with E-state index in [0.29, 0.717) is 0 Å². The molecule has 1 saturated heterocycles. The SMILES string of the molecule is CC.CNC(CN(C)C(=O)/C(N)=C/C(=N)c1ccccc1O)C(C)=O.Nc1ccc(CN2CCC(C=O)CC2)cc1. The fraction of sp³-hybridized carbons (Fsp3) is 0.419. The Hall–Kier alpha value is -4.02. The highest BCUT2D eigenvalue weighted by Gasteiger charge is 2.20. The van der Waals surface area contributed by atoms with Gasteiger partial charge in [-0.2, -0.15) is 0 Å². The first-order chi connectivity index (χ1) is 19.5. The fourth-order valence-electron chi connectivity index (χ4n) is 4.13. The molecule has 0 radical (unpaired) electrons. The van der Waals surface area contributed by atoms with Crippen molar-refractivity contribution in [3.63, 3.8) is 0 Å². The van der Waals surface area contributed by atoms with E-state index in [1.807, 2.05) is 26.0 Å². The van der Waals surface area contributed by atoms with Gasteiger partial charge in [0.15, 0.2) is 0 Å². The molecule has 3 rings (SSSR count). The summed E-state index contributed by atoms with van der Waals surface area (Å²) in [5.41, 5.74) is 13.6. The smallest absolute Gasteiger partial charge is 0.269 e. The summed E-state index contributed by atoms with van der Waals surface area (Å²) in [6.45, 7) is 8.61. The number of nitrogens with two attached hydrogens (primary N) is 2. The van der Waals surface area contributed by atoms with Crippen molar-refractivity contribution in [2.75, 3.05) is 39.5 Å². The number of ketones is 1. The van der Waals surface area contributed by atoms with Gasteiger partial charge in [-0.15, -0.1) is 0 Å². The summed E-state index contributed by atoms with van der Waals surface area (Å²) in [5.74, 6) is -0.361. The summed E-state index contributed by atoms with van der Waals surface area (Å²) >= 11 is 0. The molecule has 224 valence electrons. The summed E-state index contributed by atoms with van der Waals surface area (Å²) < 4.78 is 0. The quantitative estimate of drug-likeness (QED) is 0.127. The Balaban J connectivity index is 0.000000407. The van der Waals surface area contributed by atoms with Gasteiger partial charge in [0.25, 0.3) is 5.91 Å². The van der Waals surface area contributed by atoms with Crippen LogP contribution in [0.5, 0.6) is 5.75 Å². The van der Waals surface area contributed by atoms with Gasteiger partial charge in [0, 0.05) is 37.3 Å². The number of nitrogens with zero attached hydrogens (tertiary/aromatic N) is 2. The molecule has 2 aromatic rings. The first kappa shape index (κ1) is 35.0. The number of hydrogen-bond donors (Lipinski definition) is 5. The number of piperidine rings is 1. The summed E-state index contributed by atoms with van der Waals surface area (Å²) in [5, 5.41) is 20.5. The highest BCUT2D eigenvalue weighted by Crippen LogP contribution is 2.18. The van der Waals surface area contributed by atoms with Gasteiger partial charge < -0.3 is 37.0 Å². The molecule has 0 aliphatic carbocycles. The van der Waals surface area contributed by atoms with Crippen LogP contribution in [0.1, 0.15) is 44.7 Å². The normalized spacial score (nSPS) is 14.4. The maximum atomic E-state index is 12.2. The second-order valence-corrected chi connectivity index (χ2v) is 9.66. The third kappa shape index (κ3) is 11.9. The number of hydrogen-bond acceptors (Lipinski definition) is 9. The fourth-order valence-corrected chi connectivity index (χ4v) is 4.13. The molecule has 10 nitrogen and oxygen atoms in total. The van der Waals surface area contributed by atoms with Crippen molar-refractivity contribution in [3.05, 3.63) is 71.4 Å². The average molecular weight is 567 g/mol. The van der Waals surface area contributed by atoms with Gasteiger partial charge in [-0.3, -0.25) is 14.5 Å². The minimum Gasteiger partial charge on any atom is -0.507 e. The first-order valence-electron chi connectivity index (χ1n) is 13.8. The van der Waals surface area contributed by atoms with Crippen LogP contribution in [0, 0.1) is 11.3 Å². The zero-order valence-corrected chi connectivity index (χ0v) is 24.9. The summed E-state index contributed by atoms with van der Waals surface area (Å²) in [7, 11) is 3.16. The molecule has 1 unspecified atom stereocenters. The van der Waals surface area contributed by atoms with E-state index in [1.54, 1.807) is 25.2 Å². The van der Waals surface area contributed by atoms with Crippen molar-refractivity contribution in [1.29, 1.82) is 5.41 Å². The topological polar surface area (TPSA) is 166 Å². The number of anilines is 1. The summed E-state index contributed by atoms with van der Waals surface area (Å²) in [6.07, 6.45) is 4.29. The van der Waals surface area contributed by atoms with E-state index in [1.165, 1.54) is 36.6 Å². The predicted molar refractivity (Wildman–Crippen MR) is 165 cm³/mol. The number of rotatable bonds is 10. The predicted octanol–water partition coefficient (Wildman–Crippen LogP) is 2.94. The van der Waals surface area contributed by atoms with Crippen LogP contribution in [0.3, 0.4) is 0 Å². The van der Waals surface area contributed by atoms with Crippen molar-refractivity contribution in [3.8, 4) is 5.75 Å². The van der Waals surface area contributed by atoms with Crippen LogP contribution in [-0.4, -0.2) is 78.4 Å². The molecule has 1 amide bonds. The van der Waals surface area contributed by atoms with E-state index in [-0.39, 0.29) is 41.0 Å². The lowest BCUT2D eigenvalue weighted by Crippen LogP contribution is -2.45. The molecule has 1 fully saturated rings. The minimum atomic E-state index is -0.494. The third-order valence-electron chi connectivity index (χ3n) is 6.59. The van der Waals surface area contributed by atoms with Gasteiger partial charge >= 0.3 is 0 Å². The lowest BCUT2D eigenvalue weighted by Gasteiger charge is -2.29. The second kappa shape index (κ2) is 18.4. The molecule has 0 spiro atoms. The Labute approximate surface area is 243 Å². The molecular formula is C31H46N6O4. The Morgan fingerprint density at radius 2 is 1.73 bits per heavy atom. The number of aldehydes is 1. The van der Waals surface area contributed by atoms with E-state index >= 15 is 0 Å². The zero-order chi connectivity index (χ0) is 30.9. The van der Waals surface area contributed by atoms with Crippen LogP contribution in [0.2, 0.25) is 0 Å². The summed E-state index contributed by atoms with van der Waals surface area (Å²) in [4.78, 5) is 37.9. The number of nitrogens with one attached hydrogen (secondary N) is 2. The first-order valence-corrected chi connectivity index (χ1v) is 13.8. The number of aromatic hydroxyl groups is 1. The lowest BCUT2D eigenvalue weighted by atomic mass is 9.98. The number of likely N-dealkylation sites (tertiary alicyclic amines) is 1. The Bertz CT molecular complexity index is 1160. The number of carbonyl (C=O) groups is 3. The molecule has 10 heteroatoms. The number of Topliss-reactive ketones (excluding diaryl/α,β-unsaturated/α-hetero) is 1. The second-order valence-electron chi connectivity index (χ2n) is 9.66. The number of amides is 1. The number of carbonyl (C=O) groups excluding carboxylic acids is 3. The van der Waals surface area contributed by atoms with Gasteiger partial charge in [-0.05, 0) is 75.8 Å². The minimum absolute atomic E-state index is 0.0609. The molecular weight excluding hydrogens is 520 g/mol. The molecule has 7 N–H and O–H groups in total. The molecule has 41 heavy (non-hydrogen) atoms. The molecule has 0 aromatic heterocycles. The van der Waals surface area contributed by atoms with E-state index < -0.39 is 11.9 Å². The number of para-hydroxylation sites is 1. The average Bonchev–Trinajstić information content (AvgIpc) is 2.98. The van der Waals surface area contributed by atoms with Crippen LogP contribution < -0.4 is 16.8 Å². The molecule has 0 bridgehead atoms. The zero-order valence-electron chi connectivity index (χ0n) is 24.9. The molecule has 1 atom stereocenters. The Morgan fingerprint density at radius 1 is 1.15 bits per heavy atom. The number of allylic oxidation sites excluding steroid dienone is 1. The van der Waals surface area contributed by atoms with E-state index in [4.69, 9.17) is 16.9 Å². The number of nitrogen functional groups attached to an aromatic ring is 1. The third-order valence-corrected chi connectivity index (χ3v) is 6.59. The van der Waals surface area contributed by atoms with Crippen LogP contribution in [-0.2, 0) is 20.9 Å². The van der Waals surface area contributed by atoms with Crippen molar-refractivity contribution < 1.29 is 19.5 Å². The lowest BCUT2D eigenvalue weighted by molar-refractivity contribution is -0.127. The van der Waals surface area contributed by atoms with Gasteiger partial charge in [0.1, 0.15) is 17.8 Å². The van der Waals surface area contributed by atoms with Crippen LogP contribution in [0.25, 0.3) is 0 Å². The number of likely N-dealkylation sites (N-methyl/N-ethyl adjacent to an activating group) is 2. The number of phenolic OH excluding ortho intramolecular Hbond substituents is 1. The maximum Gasteiger partial charge on any atom is 0.269 e. The highest BCUT2D eigenvalue weighted by atomic mass is 16.3. The van der Waals surface area contributed by atoms with E-state index in [2.05, 4.69) is 22.3 Å². The molecule has 2 aromatic carbocycles. The Morgan fingerprint density at radius 3 is 2.24 bits per heavy atom. The van der Waals surface area contributed by atoms with Gasteiger partial charge in [-0.1, -0.05) is 38.1 Å². The van der Waals surface area contributed by atoms with Crippen LogP contribution in [0.15, 0.2) is 60.3 Å². The van der Waals surface area contributed by atoms with Gasteiger partial charge in [0.05, 0.1) is 17.5 Å². The monoisotopic (exact) mass is 566 g/mol. The van der Waals surface area contributed by atoms with E-state index in [9.17, 15) is 19.5 Å². The van der Waals surface area contributed by atoms with E-state index in [0.717, 1.165) is 44.4 Å². The summed E-state index contributed by atoms with van der Waals surface area (Å²) in [6, 6.07) is 13.9. The molecule has 1 aliphatic rings. The number of benzene rings is 2. The largest absolute Gasteiger partial charge is 0.507 e.